The third-order valence-electron chi connectivity index (χ3n) is 2.00. The summed E-state index contributed by atoms with van der Waals surface area (Å²) in [6.45, 7) is -0.241. The Kier molecular flexibility index (Phi) is 4.17. The highest BCUT2D eigenvalue weighted by atomic mass is 19.4. The minimum absolute atomic E-state index is 0.243. The first kappa shape index (κ1) is 13.6. The summed E-state index contributed by atoms with van der Waals surface area (Å²) in [5.41, 5.74) is 5.30. The molecule has 0 aliphatic rings. The van der Waals surface area contributed by atoms with E-state index in [0.29, 0.717) is 4.90 Å². The van der Waals surface area contributed by atoms with Gasteiger partial charge in [-0.1, -0.05) is 0 Å². The van der Waals surface area contributed by atoms with Crippen LogP contribution in [0, 0.1) is 0 Å². The van der Waals surface area contributed by atoms with Crippen LogP contribution in [0.25, 0.3) is 0 Å². The monoisotopic (exact) mass is 250 g/mol. The maximum absolute atomic E-state index is 12.3. The molecular formula is C10H13F3N2O2. The van der Waals surface area contributed by atoms with Gasteiger partial charge in [-0.05, 0) is 19.1 Å². The van der Waals surface area contributed by atoms with Crippen LogP contribution in [0.15, 0.2) is 22.8 Å². The summed E-state index contributed by atoms with van der Waals surface area (Å²) in [5.74, 6) is -0.484. The highest BCUT2D eigenvalue weighted by Crippen LogP contribution is 2.18. The fraction of sp³-hybridized carbons (Fsp3) is 0.500. The molecule has 0 saturated carbocycles. The Bertz CT molecular complexity index is 360. The van der Waals surface area contributed by atoms with Gasteiger partial charge in [-0.2, -0.15) is 13.2 Å². The summed E-state index contributed by atoms with van der Waals surface area (Å²) in [6.07, 6.45) is -3.13. The predicted octanol–water partition coefficient (Wildman–Crippen LogP) is 1.52. The van der Waals surface area contributed by atoms with Crippen molar-refractivity contribution < 1.29 is 22.4 Å². The summed E-state index contributed by atoms with van der Waals surface area (Å²) in [7, 11) is 0. The van der Waals surface area contributed by atoms with E-state index in [9.17, 15) is 18.0 Å². The first-order chi connectivity index (χ1) is 7.79. The molecule has 0 unspecified atom stereocenters. The molecule has 0 saturated heterocycles. The second kappa shape index (κ2) is 5.22. The third kappa shape index (κ3) is 4.48. The fourth-order valence-corrected chi connectivity index (χ4v) is 1.31. The van der Waals surface area contributed by atoms with Gasteiger partial charge in [0.15, 0.2) is 0 Å². The van der Waals surface area contributed by atoms with E-state index in [2.05, 4.69) is 0 Å². The van der Waals surface area contributed by atoms with Crippen molar-refractivity contribution in [2.24, 2.45) is 5.73 Å². The predicted molar refractivity (Wildman–Crippen MR) is 53.8 cm³/mol. The molecule has 7 heteroatoms. The van der Waals surface area contributed by atoms with Gasteiger partial charge in [-0.25, -0.2) is 0 Å². The first-order valence-corrected chi connectivity index (χ1v) is 4.93. The van der Waals surface area contributed by atoms with E-state index in [1.807, 2.05) is 0 Å². The normalized spacial score (nSPS) is 13.5. The highest BCUT2D eigenvalue weighted by molar-refractivity contribution is 5.81. The molecule has 0 aromatic carbocycles. The van der Waals surface area contributed by atoms with Crippen molar-refractivity contribution in [3.05, 3.63) is 24.2 Å². The molecule has 96 valence electrons. The van der Waals surface area contributed by atoms with E-state index in [1.54, 1.807) is 0 Å². The average Bonchev–Trinajstić information content (AvgIpc) is 2.66. The van der Waals surface area contributed by atoms with Gasteiger partial charge >= 0.3 is 6.18 Å². The van der Waals surface area contributed by atoms with Gasteiger partial charge in [-0.3, -0.25) is 4.79 Å². The van der Waals surface area contributed by atoms with Crippen molar-refractivity contribution in [3.63, 3.8) is 0 Å². The average molecular weight is 250 g/mol. The second-order valence-corrected chi connectivity index (χ2v) is 3.68. The van der Waals surface area contributed by atoms with Crippen LogP contribution in [0.5, 0.6) is 0 Å². The molecule has 0 aliphatic carbocycles. The summed E-state index contributed by atoms with van der Waals surface area (Å²) >= 11 is 0. The van der Waals surface area contributed by atoms with E-state index in [-0.39, 0.29) is 12.3 Å². The number of carbonyl (C=O) groups is 1. The number of hydrogen-bond donors (Lipinski definition) is 1. The molecule has 0 bridgehead atoms. The number of hydrogen-bond acceptors (Lipinski definition) is 3. The molecule has 0 fully saturated rings. The lowest BCUT2D eigenvalue weighted by Crippen LogP contribution is -2.45. The zero-order valence-electron chi connectivity index (χ0n) is 9.20. The molecule has 4 nitrogen and oxygen atoms in total. The third-order valence-corrected chi connectivity index (χ3v) is 2.00. The van der Waals surface area contributed by atoms with E-state index in [4.69, 9.17) is 10.2 Å². The molecule has 1 heterocycles. The number of amides is 1. The van der Waals surface area contributed by atoms with Crippen molar-refractivity contribution in [1.29, 1.82) is 0 Å². The number of rotatable bonds is 4. The Morgan fingerprint density at radius 2 is 2.24 bits per heavy atom. The summed E-state index contributed by atoms with van der Waals surface area (Å²) < 4.78 is 41.8. The van der Waals surface area contributed by atoms with Crippen LogP contribution in [0.1, 0.15) is 12.7 Å². The molecule has 17 heavy (non-hydrogen) atoms. The lowest BCUT2D eigenvalue weighted by Gasteiger charge is -2.24. The Morgan fingerprint density at radius 1 is 1.59 bits per heavy atom. The van der Waals surface area contributed by atoms with Gasteiger partial charge in [0.25, 0.3) is 0 Å². The highest BCUT2D eigenvalue weighted by Gasteiger charge is 2.34. The number of nitrogens with two attached hydrogens (primary N) is 1. The Morgan fingerprint density at radius 3 is 2.65 bits per heavy atom. The van der Waals surface area contributed by atoms with Gasteiger partial charge in [0.05, 0.1) is 18.8 Å². The molecule has 0 radical (unpaired) electrons. The van der Waals surface area contributed by atoms with Crippen LogP contribution < -0.4 is 5.73 Å². The summed E-state index contributed by atoms with van der Waals surface area (Å²) in [6, 6.07) is 2.06. The lowest BCUT2D eigenvalue weighted by molar-refractivity contribution is -0.163. The molecular weight excluding hydrogens is 237 g/mol. The molecule has 1 aromatic rings. The van der Waals surface area contributed by atoms with E-state index >= 15 is 0 Å². The molecule has 1 amide bonds. The maximum Gasteiger partial charge on any atom is 0.406 e. The first-order valence-electron chi connectivity index (χ1n) is 4.93. The Hall–Kier alpha value is -1.50. The van der Waals surface area contributed by atoms with Gasteiger partial charge in [-0.15, -0.1) is 0 Å². The van der Waals surface area contributed by atoms with E-state index in [0.717, 1.165) is 0 Å². The van der Waals surface area contributed by atoms with Crippen LogP contribution in [0.4, 0.5) is 13.2 Å². The molecule has 0 aliphatic heterocycles. The van der Waals surface area contributed by atoms with Crippen molar-refractivity contribution in [2.75, 3.05) is 6.54 Å². The van der Waals surface area contributed by atoms with Crippen molar-refractivity contribution in [1.82, 2.24) is 4.90 Å². The molecule has 1 atom stereocenters. The number of halogens is 3. The smallest absolute Gasteiger partial charge is 0.406 e. The van der Waals surface area contributed by atoms with E-state index in [1.165, 1.54) is 25.3 Å². The SMILES string of the molecule is C[C@@H](N)C(=O)N(Cc1ccco1)CC(F)(F)F. The standard InChI is InChI=1S/C10H13F3N2O2/c1-7(14)9(16)15(6-10(11,12)13)5-8-3-2-4-17-8/h2-4,7H,5-6,14H2,1H3/t7-/m1/s1. The number of carbonyl (C=O) groups excluding carboxylic acids is 1. The number of alkyl halides is 3. The summed E-state index contributed by atoms with van der Waals surface area (Å²) in [5, 5.41) is 0. The molecule has 2 N–H and O–H groups in total. The van der Waals surface area contributed by atoms with Gasteiger partial charge in [0.1, 0.15) is 12.3 Å². The van der Waals surface area contributed by atoms with Crippen LogP contribution in [-0.2, 0) is 11.3 Å². The lowest BCUT2D eigenvalue weighted by atomic mass is 10.3. The Labute approximate surface area is 96.2 Å². The fourth-order valence-electron chi connectivity index (χ4n) is 1.31. The topological polar surface area (TPSA) is 59.5 Å². The quantitative estimate of drug-likeness (QED) is 0.881. The summed E-state index contributed by atoms with van der Waals surface area (Å²) in [4.78, 5) is 12.1. The van der Waals surface area contributed by atoms with Crippen LogP contribution >= 0.6 is 0 Å². The molecule has 0 spiro atoms. The number of furan rings is 1. The zero-order chi connectivity index (χ0) is 13.1. The van der Waals surface area contributed by atoms with E-state index < -0.39 is 24.7 Å². The second-order valence-electron chi connectivity index (χ2n) is 3.68. The molecule has 1 rings (SSSR count). The van der Waals surface area contributed by atoms with Gasteiger partial charge in [0.2, 0.25) is 5.91 Å². The van der Waals surface area contributed by atoms with Crippen molar-refractivity contribution in [3.8, 4) is 0 Å². The minimum atomic E-state index is -4.46. The minimum Gasteiger partial charge on any atom is -0.467 e. The van der Waals surface area contributed by atoms with Crippen LogP contribution in [0.3, 0.4) is 0 Å². The van der Waals surface area contributed by atoms with Crippen LogP contribution in [-0.4, -0.2) is 29.6 Å². The molecule has 1 aromatic heterocycles. The zero-order valence-corrected chi connectivity index (χ0v) is 9.20. The Balaban J connectivity index is 2.75. The number of nitrogens with zero attached hydrogens (tertiary/aromatic N) is 1. The maximum atomic E-state index is 12.3. The van der Waals surface area contributed by atoms with Crippen molar-refractivity contribution in [2.45, 2.75) is 25.7 Å². The van der Waals surface area contributed by atoms with Gasteiger partial charge < -0.3 is 15.1 Å². The van der Waals surface area contributed by atoms with Crippen molar-refractivity contribution >= 4 is 5.91 Å². The van der Waals surface area contributed by atoms with Gasteiger partial charge in [0, 0.05) is 0 Å². The van der Waals surface area contributed by atoms with Crippen LogP contribution in [0.2, 0.25) is 0 Å². The largest absolute Gasteiger partial charge is 0.467 e.